The van der Waals surface area contributed by atoms with Crippen molar-refractivity contribution in [1.82, 2.24) is 0 Å². The topological polar surface area (TPSA) is 55.5 Å². The van der Waals surface area contributed by atoms with Crippen LogP contribution in [0, 0.1) is 0 Å². The van der Waals surface area contributed by atoms with Gasteiger partial charge in [-0.3, -0.25) is 9.59 Å². The molecule has 1 aromatic rings. The second kappa shape index (κ2) is 7.32. The molecule has 1 atom stereocenters. The molecule has 0 aliphatic carbocycles. The maximum absolute atomic E-state index is 12.8. The van der Waals surface area contributed by atoms with E-state index in [4.69, 9.17) is 4.74 Å². The minimum absolute atomic E-state index is 0.0564. The van der Waals surface area contributed by atoms with Crippen LogP contribution in [0.25, 0.3) is 0 Å². The number of quaternary nitrogens is 2. The summed E-state index contributed by atoms with van der Waals surface area (Å²) in [6.07, 6.45) is 0.322. The van der Waals surface area contributed by atoms with Crippen molar-refractivity contribution in [1.29, 1.82) is 0 Å². The summed E-state index contributed by atoms with van der Waals surface area (Å²) in [6.45, 7) is 9.92. The van der Waals surface area contributed by atoms with Gasteiger partial charge in [0.05, 0.1) is 25.3 Å². The van der Waals surface area contributed by atoms with Gasteiger partial charge in [0.2, 0.25) is 5.91 Å². The van der Waals surface area contributed by atoms with E-state index in [9.17, 15) is 9.59 Å². The molecule has 2 amide bonds. The fraction of sp³-hybridized carbons (Fsp3) is 0.556. The third-order valence-corrected chi connectivity index (χ3v) is 5.14. The highest BCUT2D eigenvalue weighted by molar-refractivity contribution is 6.21. The molecule has 6 heteroatoms. The summed E-state index contributed by atoms with van der Waals surface area (Å²) in [6, 6.07) is 6.98. The molecular formula is C18H27N3O3+2. The number of amides is 2. The van der Waals surface area contributed by atoms with Crippen LogP contribution in [0.2, 0.25) is 0 Å². The van der Waals surface area contributed by atoms with E-state index >= 15 is 0 Å². The van der Waals surface area contributed by atoms with E-state index < -0.39 is 0 Å². The first-order valence-electron chi connectivity index (χ1n) is 8.91. The molecule has 0 unspecified atom stereocenters. The smallest absolute Gasteiger partial charge is 0.292 e. The molecule has 130 valence electrons. The zero-order chi connectivity index (χ0) is 17.1. The Kier molecular flexibility index (Phi) is 5.16. The zero-order valence-corrected chi connectivity index (χ0v) is 14.5. The number of nitrogens with zero attached hydrogens (tertiary/aromatic N) is 1. The number of anilines is 1. The van der Waals surface area contributed by atoms with Gasteiger partial charge in [0.15, 0.2) is 6.04 Å². The summed E-state index contributed by atoms with van der Waals surface area (Å²) < 4.78 is 5.42. The van der Waals surface area contributed by atoms with E-state index in [1.807, 2.05) is 19.1 Å². The number of hydrogen-bond acceptors (Lipinski definition) is 3. The van der Waals surface area contributed by atoms with E-state index in [-0.39, 0.29) is 17.9 Å². The number of piperazine rings is 1. The van der Waals surface area contributed by atoms with Crippen LogP contribution in [-0.2, 0) is 9.59 Å². The lowest BCUT2D eigenvalue weighted by molar-refractivity contribution is -1.02. The summed E-state index contributed by atoms with van der Waals surface area (Å²) in [5.74, 6) is 0.604. The Balaban J connectivity index is 1.70. The second-order valence-electron chi connectivity index (χ2n) is 6.51. The van der Waals surface area contributed by atoms with Gasteiger partial charge in [-0.05, 0) is 38.1 Å². The van der Waals surface area contributed by atoms with Gasteiger partial charge in [-0.15, -0.1) is 0 Å². The molecule has 24 heavy (non-hydrogen) atoms. The van der Waals surface area contributed by atoms with Crippen molar-refractivity contribution in [3.05, 3.63) is 24.3 Å². The van der Waals surface area contributed by atoms with Crippen molar-refractivity contribution in [2.45, 2.75) is 26.3 Å². The highest BCUT2D eigenvalue weighted by Gasteiger charge is 2.46. The first-order valence-corrected chi connectivity index (χ1v) is 8.91. The summed E-state index contributed by atoms with van der Waals surface area (Å²) in [5.41, 5.74) is 0.646. The molecule has 6 nitrogen and oxygen atoms in total. The predicted octanol–water partition coefficient (Wildman–Crippen LogP) is -1.48. The number of rotatable bonds is 5. The molecular weight excluding hydrogens is 306 g/mol. The van der Waals surface area contributed by atoms with Crippen molar-refractivity contribution < 1.29 is 24.1 Å². The Morgan fingerprint density at radius 2 is 1.75 bits per heavy atom. The quantitative estimate of drug-likeness (QED) is 0.647. The van der Waals surface area contributed by atoms with Crippen LogP contribution in [0.15, 0.2) is 24.3 Å². The van der Waals surface area contributed by atoms with Crippen molar-refractivity contribution >= 4 is 17.5 Å². The van der Waals surface area contributed by atoms with Crippen LogP contribution >= 0.6 is 0 Å². The standard InChI is InChI=1S/C18H25N3O3/c1-3-19-9-11-20(12-10-19)16-13-17(22)21(18(16)23)14-5-7-15(8-6-14)24-4-2/h5-8,16H,3-4,9-13H2,1-2H3/p+2/t16-/m1/s1. The average molecular weight is 333 g/mol. The molecule has 2 N–H and O–H groups in total. The van der Waals surface area contributed by atoms with E-state index in [0.717, 1.165) is 38.5 Å². The molecule has 2 aliphatic heterocycles. The van der Waals surface area contributed by atoms with Crippen LogP contribution in [0.1, 0.15) is 20.3 Å². The molecule has 0 aromatic heterocycles. The molecule has 0 radical (unpaired) electrons. The van der Waals surface area contributed by atoms with Gasteiger partial charge in [0, 0.05) is 0 Å². The molecule has 2 heterocycles. The van der Waals surface area contributed by atoms with E-state index in [0.29, 0.717) is 18.7 Å². The third kappa shape index (κ3) is 3.30. The Hall–Kier alpha value is -1.92. The van der Waals surface area contributed by atoms with Crippen LogP contribution in [0.4, 0.5) is 5.69 Å². The monoisotopic (exact) mass is 333 g/mol. The molecule has 2 saturated heterocycles. The fourth-order valence-electron chi connectivity index (χ4n) is 3.71. The largest absolute Gasteiger partial charge is 0.494 e. The summed E-state index contributed by atoms with van der Waals surface area (Å²) in [7, 11) is 0. The number of carbonyl (C=O) groups is 2. The average Bonchev–Trinajstić information content (AvgIpc) is 2.91. The Labute approximate surface area is 143 Å². The van der Waals surface area contributed by atoms with Crippen LogP contribution in [-0.4, -0.2) is 57.2 Å². The van der Waals surface area contributed by atoms with Gasteiger partial charge in [-0.25, -0.2) is 4.90 Å². The SMILES string of the molecule is CCOc1ccc(N2C(=O)C[C@@H]([NH+]3CC[NH+](CC)CC3)C2=O)cc1. The number of benzene rings is 1. The summed E-state index contributed by atoms with van der Waals surface area (Å²) in [4.78, 5) is 29.4. The van der Waals surface area contributed by atoms with Crippen molar-refractivity contribution in [2.75, 3.05) is 44.2 Å². The van der Waals surface area contributed by atoms with Crippen LogP contribution in [0.3, 0.4) is 0 Å². The molecule has 2 aliphatic rings. The van der Waals surface area contributed by atoms with Crippen molar-refractivity contribution in [3.8, 4) is 5.75 Å². The molecule has 1 aromatic carbocycles. The lowest BCUT2D eigenvalue weighted by Gasteiger charge is -2.31. The third-order valence-electron chi connectivity index (χ3n) is 5.14. The van der Waals surface area contributed by atoms with Gasteiger partial charge in [0.25, 0.3) is 5.91 Å². The van der Waals surface area contributed by atoms with Gasteiger partial charge in [-0.1, -0.05) is 0 Å². The maximum atomic E-state index is 12.8. The van der Waals surface area contributed by atoms with E-state index in [1.54, 1.807) is 17.0 Å². The van der Waals surface area contributed by atoms with Gasteiger partial charge >= 0.3 is 0 Å². The molecule has 2 fully saturated rings. The zero-order valence-electron chi connectivity index (χ0n) is 14.5. The minimum atomic E-state index is -0.220. The number of nitrogens with one attached hydrogen (secondary N) is 2. The molecule has 0 saturated carbocycles. The normalized spacial score (nSPS) is 27.6. The Bertz CT molecular complexity index is 594. The number of ether oxygens (including phenoxy) is 1. The Morgan fingerprint density at radius 3 is 2.33 bits per heavy atom. The molecule has 3 rings (SSSR count). The first-order chi connectivity index (χ1) is 11.6. The van der Waals surface area contributed by atoms with E-state index in [2.05, 4.69) is 6.92 Å². The summed E-state index contributed by atoms with van der Waals surface area (Å²) >= 11 is 0. The number of likely N-dealkylation sites (N-methyl/N-ethyl adjacent to an activating group) is 1. The number of hydrogen-bond donors (Lipinski definition) is 2. The molecule has 0 bridgehead atoms. The number of imide groups is 1. The highest BCUT2D eigenvalue weighted by Crippen LogP contribution is 2.24. The number of carbonyl (C=O) groups excluding carboxylic acids is 2. The lowest BCUT2D eigenvalue weighted by atomic mass is 10.1. The van der Waals surface area contributed by atoms with Gasteiger partial charge in [0.1, 0.15) is 31.9 Å². The highest BCUT2D eigenvalue weighted by atomic mass is 16.5. The van der Waals surface area contributed by atoms with Gasteiger partial charge < -0.3 is 14.5 Å². The van der Waals surface area contributed by atoms with Crippen molar-refractivity contribution in [2.24, 2.45) is 0 Å². The summed E-state index contributed by atoms with van der Waals surface area (Å²) in [5, 5.41) is 0. The fourth-order valence-corrected chi connectivity index (χ4v) is 3.71. The maximum Gasteiger partial charge on any atom is 0.292 e. The van der Waals surface area contributed by atoms with Crippen molar-refractivity contribution in [3.63, 3.8) is 0 Å². The minimum Gasteiger partial charge on any atom is -0.494 e. The van der Waals surface area contributed by atoms with Crippen LogP contribution < -0.4 is 19.4 Å². The first kappa shape index (κ1) is 16.9. The van der Waals surface area contributed by atoms with E-state index in [1.165, 1.54) is 9.80 Å². The Morgan fingerprint density at radius 1 is 1.08 bits per heavy atom. The second-order valence-corrected chi connectivity index (χ2v) is 6.51. The van der Waals surface area contributed by atoms with Crippen LogP contribution in [0.5, 0.6) is 5.75 Å². The van der Waals surface area contributed by atoms with Gasteiger partial charge in [-0.2, -0.15) is 0 Å². The molecule has 0 spiro atoms. The predicted molar refractivity (Wildman–Crippen MR) is 90.4 cm³/mol. The lowest BCUT2D eigenvalue weighted by Crippen LogP contribution is -3.29.